The first-order chi connectivity index (χ1) is 10.4. The number of nitrogens with one attached hydrogen (secondary N) is 1. The fourth-order valence-corrected chi connectivity index (χ4v) is 2.98. The number of hydrogen-bond donors (Lipinski definition) is 1. The maximum Gasteiger partial charge on any atom is 0.223 e. The van der Waals surface area contributed by atoms with Crippen LogP contribution in [-0.2, 0) is 11.2 Å². The van der Waals surface area contributed by atoms with Gasteiger partial charge in [0.2, 0.25) is 5.91 Å². The molecular formula is C18H27FN2O. The molecular weight excluding hydrogens is 279 g/mol. The number of rotatable bonds is 6. The first kappa shape index (κ1) is 16.9. The normalized spacial score (nSPS) is 17.5. The van der Waals surface area contributed by atoms with E-state index in [9.17, 15) is 9.18 Å². The number of carbonyl (C=O) groups is 1. The molecule has 3 nitrogen and oxygen atoms in total. The van der Waals surface area contributed by atoms with Gasteiger partial charge >= 0.3 is 0 Å². The van der Waals surface area contributed by atoms with Crippen molar-refractivity contribution in [2.24, 2.45) is 5.92 Å². The van der Waals surface area contributed by atoms with Gasteiger partial charge in [0.1, 0.15) is 5.82 Å². The number of nitrogens with zero attached hydrogens (tertiary/aromatic N) is 1. The predicted molar refractivity (Wildman–Crippen MR) is 87.2 cm³/mol. The molecule has 1 amide bonds. The van der Waals surface area contributed by atoms with E-state index in [-0.39, 0.29) is 23.2 Å². The summed E-state index contributed by atoms with van der Waals surface area (Å²) in [6.07, 6.45) is 3.13. The summed E-state index contributed by atoms with van der Waals surface area (Å²) in [7, 11) is 0. The first-order valence-corrected chi connectivity index (χ1v) is 8.16. The van der Waals surface area contributed by atoms with Crippen LogP contribution in [-0.4, -0.2) is 36.0 Å². The first-order valence-electron chi connectivity index (χ1n) is 8.16. The smallest absolute Gasteiger partial charge is 0.223 e. The second-order valence-electron chi connectivity index (χ2n) is 6.96. The van der Waals surface area contributed by atoms with Crippen LogP contribution in [0.2, 0.25) is 0 Å². The number of amides is 1. The van der Waals surface area contributed by atoms with Crippen LogP contribution in [0.4, 0.5) is 4.39 Å². The number of benzene rings is 1. The monoisotopic (exact) mass is 306 g/mol. The quantitative estimate of drug-likeness (QED) is 0.876. The van der Waals surface area contributed by atoms with Gasteiger partial charge in [-0.15, -0.1) is 0 Å². The lowest BCUT2D eigenvalue weighted by molar-refractivity contribution is -0.125. The Bertz CT molecular complexity index is 492. The zero-order valence-corrected chi connectivity index (χ0v) is 13.9. The number of carbonyl (C=O) groups excluding carboxylic acids is 1. The summed E-state index contributed by atoms with van der Waals surface area (Å²) in [5, 5.41) is 3.08. The molecule has 0 aromatic heterocycles. The van der Waals surface area contributed by atoms with Crippen LogP contribution in [0.1, 0.15) is 39.2 Å². The molecule has 1 saturated heterocycles. The summed E-state index contributed by atoms with van der Waals surface area (Å²) in [6.45, 7) is 9.19. The van der Waals surface area contributed by atoms with E-state index < -0.39 is 0 Å². The molecule has 2 rings (SSSR count). The Kier molecular flexibility index (Phi) is 5.57. The second-order valence-corrected chi connectivity index (χ2v) is 6.96. The summed E-state index contributed by atoms with van der Waals surface area (Å²) >= 11 is 0. The lowest BCUT2D eigenvalue weighted by Gasteiger charge is -2.35. The van der Waals surface area contributed by atoms with Crippen molar-refractivity contribution < 1.29 is 9.18 Å². The minimum atomic E-state index is -0.242. The van der Waals surface area contributed by atoms with E-state index in [1.54, 1.807) is 12.1 Å². The van der Waals surface area contributed by atoms with E-state index in [4.69, 9.17) is 0 Å². The molecule has 1 aromatic rings. The molecule has 0 spiro atoms. The van der Waals surface area contributed by atoms with Crippen molar-refractivity contribution in [2.75, 3.05) is 19.6 Å². The molecule has 1 aromatic carbocycles. The van der Waals surface area contributed by atoms with Crippen molar-refractivity contribution in [3.63, 3.8) is 0 Å². The Morgan fingerprint density at radius 2 is 1.86 bits per heavy atom. The van der Waals surface area contributed by atoms with Gasteiger partial charge in [-0.05, 0) is 63.9 Å². The third-order valence-electron chi connectivity index (χ3n) is 4.56. The van der Waals surface area contributed by atoms with Crippen molar-refractivity contribution in [2.45, 2.75) is 45.6 Å². The molecule has 1 aliphatic heterocycles. The van der Waals surface area contributed by atoms with E-state index >= 15 is 0 Å². The Labute approximate surface area is 132 Å². The molecule has 1 unspecified atom stereocenters. The summed E-state index contributed by atoms with van der Waals surface area (Å²) < 4.78 is 12.9. The molecule has 0 saturated carbocycles. The average molecular weight is 306 g/mol. The van der Waals surface area contributed by atoms with Crippen LogP contribution < -0.4 is 5.32 Å². The van der Waals surface area contributed by atoms with Crippen molar-refractivity contribution in [1.29, 1.82) is 0 Å². The summed E-state index contributed by atoms with van der Waals surface area (Å²) in [5.41, 5.74) is 0.990. The van der Waals surface area contributed by atoms with Gasteiger partial charge < -0.3 is 5.32 Å². The highest BCUT2D eigenvalue weighted by molar-refractivity contribution is 5.78. The maximum atomic E-state index is 12.9. The topological polar surface area (TPSA) is 32.3 Å². The minimum Gasteiger partial charge on any atom is -0.354 e. The van der Waals surface area contributed by atoms with E-state index in [0.29, 0.717) is 13.0 Å². The van der Waals surface area contributed by atoms with Crippen molar-refractivity contribution in [3.8, 4) is 0 Å². The predicted octanol–water partition coefficient (Wildman–Crippen LogP) is 2.99. The highest BCUT2D eigenvalue weighted by Crippen LogP contribution is 2.20. The molecule has 1 N–H and O–H groups in total. The fraction of sp³-hybridized carbons (Fsp3) is 0.611. The molecule has 0 aliphatic carbocycles. The van der Waals surface area contributed by atoms with Crippen molar-refractivity contribution >= 4 is 5.91 Å². The van der Waals surface area contributed by atoms with Gasteiger partial charge in [-0.1, -0.05) is 19.1 Å². The number of hydrogen-bond acceptors (Lipinski definition) is 2. The van der Waals surface area contributed by atoms with Crippen LogP contribution in [0.25, 0.3) is 0 Å². The van der Waals surface area contributed by atoms with Gasteiger partial charge in [0.05, 0.1) is 0 Å². The van der Waals surface area contributed by atoms with Gasteiger partial charge in [-0.25, -0.2) is 4.39 Å². The maximum absolute atomic E-state index is 12.9. The molecule has 1 fully saturated rings. The lowest BCUT2D eigenvalue weighted by Crippen LogP contribution is -2.51. The standard InChI is InChI=1S/C18H27FN2O/c1-14(12-15-6-8-16(19)9-7-15)17(22)20-13-18(2,3)21-10-4-5-11-21/h6-9,14H,4-5,10-13H2,1-3H3,(H,20,22). The second kappa shape index (κ2) is 7.23. The van der Waals surface area contributed by atoms with E-state index in [1.165, 1.54) is 25.0 Å². The van der Waals surface area contributed by atoms with Gasteiger partial charge in [0.15, 0.2) is 0 Å². The van der Waals surface area contributed by atoms with Crippen LogP contribution in [0.3, 0.4) is 0 Å². The van der Waals surface area contributed by atoms with Crippen LogP contribution in [0.15, 0.2) is 24.3 Å². The molecule has 1 atom stereocenters. The third-order valence-corrected chi connectivity index (χ3v) is 4.56. The Morgan fingerprint density at radius 1 is 1.27 bits per heavy atom. The highest BCUT2D eigenvalue weighted by Gasteiger charge is 2.29. The molecule has 0 radical (unpaired) electrons. The van der Waals surface area contributed by atoms with Gasteiger partial charge in [-0.2, -0.15) is 0 Å². The Morgan fingerprint density at radius 3 is 2.45 bits per heavy atom. The van der Waals surface area contributed by atoms with Crippen LogP contribution in [0.5, 0.6) is 0 Å². The zero-order valence-electron chi connectivity index (χ0n) is 13.9. The lowest BCUT2D eigenvalue weighted by atomic mass is 9.99. The third kappa shape index (κ3) is 4.54. The summed E-state index contributed by atoms with van der Waals surface area (Å²) in [4.78, 5) is 14.7. The Hall–Kier alpha value is -1.42. The summed E-state index contributed by atoms with van der Waals surface area (Å²) in [6, 6.07) is 6.37. The van der Waals surface area contributed by atoms with Crippen LogP contribution in [0, 0.1) is 11.7 Å². The molecule has 22 heavy (non-hydrogen) atoms. The molecule has 4 heteroatoms. The van der Waals surface area contributed by atoms with E-state index in [2.05, 4.69) is 24.1 Å². The number of likely N-dealkylation sites (tertiary alicyclic amines) is 1. The molecule has 122 valence electrons. The fourth-order valence-electron chi connectivity index (χ4n) is 2.98. The molecule has 1 heterocycles. The van der Waals surface area contributed by atoms with E-state index in [0.717, 1.165) is 18.7 Å². The zero-order chi connectivity index (χ0) is 16.2. The van der Waals surface area contributed by atoms with Gasteiger partial charge in [0, 0.05) is 18.0 Å². The largest absolute Gasteiger partial charge is 0.354 e. The molecule has 0 bridgehead atoms. The minimum absolute atomic E-state index is 0.00174. The number of halogens is 1. The highest BCUT2D eigenvalue weighted by atomic mass is 19.1. The molecule has 1 aliphatic rings. The summed E-state index contributed by atoms with van der Waals surface area (Å²) in [5.74, 6) is -0.287. The SMILES string of the molecule is CC(Cc1ccc(F)cc1)C(=O)NCC(C)(C)N1CCCC1. The van der Waals surface area contributed by atoms with Crippen molar-refractivity contribution in [1.82, 2.24) is 10.2 Å². The van der Waals surface area contributed by atoms with E-state index in [1.807, 2.05) is 6.92 Å². The Balaban J connectivity index is 1.82. The van der Waals surface area contributed by atoms with Crippen molar-refractivity contribution in [3.05, 3.63) is 35.6 Å². The van der Waals surface area contributed by atoms with Gasteiger partial charge in [-0.3, -0.25) is 9.69 Å². The average Bonchev–Trinajstić information content (AvgIpc) is 3.02. The van der Waals surface area contributed by atoms with Gasteiger partial charge in [0.25, 0.3) is 0 Å². The van der Waals surface area contributed by atoms with Crippen LogP contribution >= 0.6 is 0 Å².